The van der Waals surface area contributed by atoms with E-state index in [4.69, 9.17) is 9.26 Å². The van der Waals surface area contributed by atoms with E-state index in [1.165, 1.54) is 0 Å². The number of guanidine groups is 1. The van der Waals surface area contributed by atoms with Gasteiger partial charge in [-0.15, -0.1) is 0 Å². The molecular weight excluding hydrogens is 356 g/mol. The first-order chi connectivity index (χ1) is 13.4. The molecule has 2 heterocycles. The van der Waals surface area contributed by atoms with Gasteiger partial charge >= 0.3 is 0 Å². The van der Waals surface area contributed by atoms with Crippen LogP contribution in [0.4, 0.5) is 5.69 Å². The van der Waals surface area contributed by atoms with E-state index >= 15 is 0 Å². The standard InChI is InChI=1S/C20H30N6O2/c1-20(2,3)18-24-17(25-28-18)12-22-19(21-4)23-14-10-11-26(13-14)15-8-6-7-9-16(15)27-5/h6-9,14H,10-13H2,1-5H3,(H2,21,22,23). The molecule has 0 spiro atoms. The summed E-state index contributed by atoms with van der Waals surface area (Å²) >= 11 is 0. The summed E-state index contributed by atoms with van der Waals surface area (Å²) in [4.78, 5) is 11.1. The lowest BCUT2D eigenvalue weighted by atomic mass is 9.97. The predicted octanol–water partition coefficient (Wildman–Crippen LogP) is 2.32. The van der Waals surface area contributed by atoms with E-state index in [2.05, 4.69) is 36.7 Å². The van der Waals surface area contributed by atoms with Crippen LogP contribution in [0.5, 0.6) is 5.75 Å². The monoisotopic (exact) mass is 386 g/mol. The Kier molecular flexibility index (Phi) is 6.06. The summed E-state index contributed by atoms with van der Waals surface area (Å²) in [6.07, 6.45) is 1.02. The smallest absolute Gasteiger partial charge is 0.232 e. The van der Waals surface area contributed by atoms with Gasteiger partial charge in [-0.05, 0) is 18.6 Å². The maximum Gasteiger partial charge on any atom is 0.232 e. The molecule has 1 fully saturated rings. The minimum absolute atomic E-state index is 0.156. The van der Waals surface area contributed by atoms with Crippen LogP contribution >= 0.6 is 0 Å². The molecule has 8 nitrogen and oxygen atoms in total. The number of aromatic nitrogens is 2. The third-order valence-electron chi connectivity index (χ3n) is 4.70. The summed E-state index contributed by atoms with van der Waals surface area (Å²) in [6, 6.07) is 8.41. The van der Waals surface area contributed by atoms with Crippen molar-refractivity contribution in [1.82, 2.24) is 20.8 Å². The fraction of sp³-hybridized carbons (Fsp3) is 0.550. The van der Waals surface area contributed by atoms with Crippen molar-refractivity contribution in [2.75, 3.05) is 32.1 Å². The van der Waals surface area contributed by atoms with E-state index in [0.717, 1.165) is 36.9 Å². The number of nitrogens with one attached hydrogen (secondary N) is 2. The zero-order valence-electron chi connectivity index (χ0n) is 17.3. The number of anilines is 1. The number of hydrogen-bond acceptors (Lipinski definition) is 6. The highest BCUT2D eigenvalue weighted by Crippen LogP contribution is 2.30. The average Bonchev–Trinajstić information content (AvgIpc) is 3.34. The van der Waals surface area contributed by atoms with Crippen molar-refractivity contribution >= 4 is 11.6 Å². The van der Waals surface area contributed by atoms with Crippen LogP contribution in [0.15, 0.2) is 33.8 Å². The van der Waals surface area contributed by atoms with E-state index in [9.17, 15) is 0 Å². The minimum Gasteiger partial charge on any atom is -0.495 e. The third-order valence-corrected chi connectivity index (χ3v) is 4.70. The quantitative estimate of drug-likeness (QED) is 0.602. The Morgan fingerprint density at radius 1 is 1.36 bits per heavy atom. The van der Waals surface area contributed by atoms with Crippen LogP contribution in [0.25, 0.3) is 0 Å². The van der Waals surface area contributed by atoms with Crippen molar-refractivity contribution in [1.29, 1.82) is 0 Å². The molecule has 1 aromatic carbocycles. The molecule has 152 valence electrons. The number of nitrogens with zero attached hydrogens (tertiary/aromatic N) is 4. The summed E-state index contributed by atoms with van der Waals surface area (Å²) in [6.45, 7) is 8.46. The van der Waals surface area contributed by atoms with E-state index in [-0.39, 0.29) is 5.41 Å². The van der Waals surface area contributed by atoms with Crippen LogP contribution in [0.3, 0.4) is 0 Å². The van der Waals surface area contributed by atoms with Gasteiger partial charge in [0.05, 0.1) is 19.3 Å². The second-order valence-corrected chi connectivity index (χ2v) is 7.94. The Morgan fingerprint density at radius 3 is 2.82 bits per heavy atom. The number of benzene rings is 1. The minimum atomic E-state index is -0.156. The molecule has 0 radical (unpaired) electrons. The van der Waals surface area contributed by atoms with Crippen molar-refractivity contribution in [3.05, 3.63) is 36.0 Å². The molecule has 0 aliphatic carbocycles. The van der Waals surface area contributed by atoms with Crippen molar-refractivity contribution in [2.24, 2.45) is 4.99 Å². The lowest BCUT2D eigenvalue weighted by molar-refractivity contribution is 0.318. The van der Waals surface area contributed by atoms with Gasteiger partial charge in [0.2, 0.25) is 5.89 Å². The Hall–Kier alpha value is -2.77. The van der Waals surface area contributed by atoms with Crippen molar-refractivity contribution in [3.63, 3.8) is 0 Å². The summed E-state index contributed by atoms with van der Waals surface area (Å²) < 4.78 is 10.8. The largest absolute Gasteiger partial charge is 0.495 e. The first-order valence-corrected chi connectivity index (χ1v) is 9.59. The van der Waals surface area contributed by atoms with Gasteiger partial charge in [0.15, 0.2) is 11.8 Å². The maximum atomic E-state index is 5.49. The number of aliphatic imine (C=N–C) groups is 1. The number of methoxy groups -OCH3 is 1. The molecule has 0 saturated carbocycles. The number of ether oxygens (including phenoxy) is 1. The molecule has 2 aromatic rings. The van der Waals surface area contributed by atoms with Crippen LogP contribution in [0.2, 0.25) is 0 Å². The Balaban J connectivity index is 1.54. The molecule has 8 heteroatoms. The zero-order chi connectivity index (χ0) is 20.1. The Labute approximate surface area is 166 Å². The van der Waals surface area contributed by atoms with Crippen molar-refractivity contribution in [3.8, 4) is 5.75 Å². The van der Waals surface area contributed by atoms with Gasteiger partial charge in [0.1, 0.15) is 5.75 Å². The number of para-hydroxylation sites is 2. The molecule has 1 aliphatic rings. The lowest BCUT2D eigenvalue weighted by Gasteiger charge is -2.22. The summed E-state index contributed by atoms with van der Waals surface area (Å²) in [5.74, 6) is 2.89. The van der Waals surface area contributed by atoms with Gasteiger partial charge in [-0.2, -0.15) is 4.98 Å². The first kappa shape index (κ1) is 20.0. The molecule has 0 bridgehead atoms. The molecule has 1 unspecified atom stereocenters. The molecule has 1 aromatic heterocycles. The second-order valence-electron chi connectivity index (χ2n) is 7.94. The lowest BCUT2D eigenvalue weighted by Crippen LogP contribution is -2.44. The van der Waals surface area contributed by atoms with Gasteiger partial charge in [0.25, 0.3) is 0 Å². The number of rotatable bonds is 5. The van der Waals surface area contributed by atoms with Gasteiger partial charge < -0.3 is 24.8 Å². The van der Waals surface area contributed by atoms with Crippen molar-refractivity contribution < 1.29 is 9.26 Å². The highest BCUT2D eigenvalue weighted by atomic mass is 16.5. The summed E-state index contributed by atoms with van der Waals surface area (Å²) in [5, 5.41) is 10.8. The first-order valence-electron chi connectivity index (χ1n) is 9.59. The van der Waals surface area contributed by atoms with Crippen LogP contribution < -0.4 is 20.3 Å². The Bertz CT molecular complexity index is 811. The maximum absolute atomic E-state index is 5.49. The average molecular weight is 387 g/mol. The topological polar surface area (TPSA) is 87.8 Å². The molecular formula is C20H30N6O2. The highest BCUT2D eigenvalue weighted by Gasteiger charge is 2.25. The molecule has 1 atom stereocenters. The fourth-order valence-corrected chi connectivity index (χ4v) is 3.17. The van der Waals surface area contributed by atoms with Crippen LogP contribution in [-0.4, -0.2) is 49.4 Å². The summed E-state index contributed by atoms with van der Waals surface area (Å²) in [5.41, 5.74) is 0.968. The molecule has 0 amide bonds. The van der Waals surface area contributed by atoms with E-state index in [0.29, 0.717) is 24.3 Å². The Morgan fingerprint density at radius 2 is 2.14 bits per heavy atom. The van der Waals surface area contributed by atoms with E-state index in [1.807, 2.05) is 39.0 Å². The zero-order valence-corrected chi connectivity index (χ0v) is 17.3. The predicted molar refractivity (Wildman–Crippen MR) is 110 cm³/mol. The van der Waals surface area contributed by atoms with Gasteiger partial charge in [-0.3, -0.25) is 4.99 Å². The van der Waals surface area contributed by atoms with Crippen molar-refractivity contribution in [2.45, 2.75) is 45.2 Å². The molecule has 3 rings (SSSR count). The third kappa shape index (κ3) is 4.74. The van der Waals surface area contributed by atoms with Gasteiger partial charge in [0, 0.05) is 31.6 Å². The second kappa shape index (κ2) is 8.50. The SMILES string of the molecule is CN=C(NCc1noc(C(C)(C)C)n1)NC1CCN(c2ccccc2OC)C1. The number of hydrogen-bond donors (Lipinski definition) is 2. The van der Waals surface area contributed by atoms with Gasteiger partial charge in [-0.1, -0.05) is 38.1 Å². The molecule has 2 N–H and O–H groups in total. The molecule has 28 heavy (non-hydrogen) atoms. The van der Waals surface area contributed by atoms with Crippen LogP contribution in [0, 0.1) is 0 Å². The molecule has 1 aliphatic heterocycles. The van der Waals surface area contributed by atoms with Gasteiger partial charge in [-0.25, -0.2) is 0 Å². The van der Waals surface area contributed by atoms with E-state index in [1.54, 1.807) is 14.2 Å². The van der Waals surface area contributed by atoms with Crippen LogP contribution in [-0.2, 0) is 12.0 Å². The molecule has 1 saturated heterocycles. The van der Waals surface area contributed by atoms with Crippen LogP contribution in [0.1, 0.15) is 38.9 Å². The summed E-state index contributed by atoms with van der Waals surface area (Å²) in [7, 11) is 3.47. The van der Waals surface area contributed by atoms with E-state index < -0.39 is 0 Å². The normalized spacial score (nSPS) is 17.7. The fourth-order valence-electron chi connectivity index (χ4n) is 3.17. The highest BCUT2D eigenvalue weighted by molar-refractivity contribution is 5.80.